The highest BCUT2D eigenvalue weighted by Crippen LogP contribution is 2.12. The number of hydrogen-bond acceptors (Lipinski definition) is 3. The van der Waals surface area contributed by atoms with Crippen LogP contribution in [0.5, 0.6) is 0 Å². The first-order valence-electron chi connectivity index (χ1n) is 5.71. The van der Waals surface area contributed by atoms with Crippen LogP contribution >= 0.6 is 15.9 Å². The minimum absolute atomic E-state index is 0.168. The van der Waals surface area contributed by atoms with Gasteiger partial charge in [0, 0.05) is 17.1 Å². The van der Waals surface area contributed by atoms with E-state index in [1.54, 1.807) is 0 Å². The molecule has 0 amide bonds. The van der Waals surface area contributed by atoms with Gasteiger partial charge in [-0.05, 0) is 17.7 Å². The van der Waals surface area contributed by atoms with Crippen LogP contribution < -0.4 is 5.32 Å². The number of hydrogen-bond donors (Lipinski definition) is 1. The SMILES string of the molecule is CC(C)NCCC(=O)OCc1cccc(Br)c1. The summed E-state index contributed by atoms with van der Waals surface area (Å²) in [7, 11) is 0. The molecule has 0 aliphatic rings. The summed E-state index contributed by atoms with van der Waals surface area (Å²) in [5.74, 6) is -0.168. The average molecular weight is 300 g/mol. The fourth-order valence-electron chi connectivity index (χ4n) is 1.33. The lowest BCUT2D eigenvalue weighted by atomic mass is 10.2. The van der Waals surface area contributed by atoms with Crippen LogP contribution in [-0.4, -0.2) is 18.6 Å². The molecule has 4 heteroatoms. The molecular weight excluding hydrogens is 282 g/mol. The van der Waals surface area contributed by atoms with Crippen molar-refractivity contribution in [3.8, 4) is 0 Å². The predicted molar refractivity (Wildman–Crippen MR) is 71.7 cm³/mol. The number of carbonyl (C=O) groups excluding carboxylic acids is 1. The third kappa shape index (κ3) is 6.44. The number of nitrogens with one attached hydrogen (secondary N) is 1. The van der Waals surface area contributed by atoms with Gasteiger partial charge < -0.3 is 10.1 Å². The Bertz CT molecular complexity index is 366. The molecule has 0 unspecified atom stereocenters. The van der Waals surface area contributed by atoms with Crippen LogP contribution in [0.25, 0.3) is 0 Å². The van der Waals surface area contributed by atoms with Crippen LogP contribution in [0.4, 0.5) is 0 Å². The zero-order chi connectivity index (χ0) is 12.7. The van der Waals surface area contributed by atoms with Gasteiger partial charge in [0.05, 0.1) is 6.42 Å². The van der Waals surface area contributed by atoms with Crippen molar-refractivity contribution in [2.45, 2.75) is 32.9 Å². The zero-order valence-electron chi connectivity index (χ0n) is 10.2. The van der Waals surface area contributed by atoms with Gasteiger partial charge in [0.1, 0.15) is 6.61 Å². The molecule has 3 nitrogen and oxygen atoms in total. The molecule has 0 spiro atoms. The molecule has 1 rings (SSSR count). The van der Waals surface area contributed by atoms with Crippen molar-refractivity contribution in [1.29, 1.82) is 0 Å². The Hall–Kier alpha value is -0.870. The minimum atomic E-state index is -0.168. The average Bonchev–Trinajstić information content (AvgIpc) is 2.26. The zero-order valence-corrected chi connectivity index (χ0v) is 11.8. The van der Waals surface area contributed by atoms with Crippen molar-refractivity contribution >= 4 is 21.9 Å². The van der Waals surface area contributed by atoms with E-state index in [1.165, 1.54) is 0 Å². The molecule has 17 heavy (non-hydrogen) atoms. The van der Waals surface area contributed by atoms with Crippen molar-refractivity contribution in [2.75, 3.05) is 6.54 Å². The minimum Gasteiger partial charge on any atom is -0.461 e. The van der Waals surface area contributed by atoms with E-state index in [0.717, 1.165) is 10.0 Å². The van der Waals surface area contributed by atoms with Crippen molar-refractivity contribution in [2.24, 2.45) is 0 Å². The third-order valence-corrected chi connectivity index (χ3v) is 2.66. The standard InChI is InChI=1S/C13H18BrNO2/c1-10(2)15-7-6-13(16)17-9-11-4-3-5-12(14)8-11/h3-5,8,10,15H,6-7,9H2,1-2H3. The smallest absolute Gasteiger partial charge is 0.307 e. The van der Waals surface area contributed by atoms with Gasteiger partial charge in [0.25, 0.3) is 0 Å². The fourth-order valence-corrected chi connectivity index (χ4v) is 1.77. The van der Waals surface area contributed by atoms with E-state index >= 15 is 0 Å². The molecule has 0 saturated carbocycles. The van der Waals surface area contributed by atoms with Crippen molar-refractivity contribution in [3.63, 3.8) is 0 Å². The molecule has 0 fully saturated rings. The van der Waals surface area contributed by atoms with Crippen LogP contribution in [-0.2, 0) is 16.1 Å². The lowest BCUT2D eigenvalue weighted by Crippen LogP contribution is -2.25. The predicted octanol–water partition coefficient (Wildman–Crippen LogP) is 2.88. The van der Waals surface area contributed by atoms with Crippen molar-refractivity contribution < 1.29 is 9.53 Å². The van der Waals surface area contributed by atoms with Crippen LogP contribution in [0.15, 0.2) is 28.7 Å². The Balaban J connectivity index is 2.24. The highest BCUT2D eigenvalue weighted by atomic mass is 79.9. The summed E-state index contributed by atoms with van der Waals surface area (Å²) in [5, 5.41) is 3.18. The summed E-state index contributed by atoms with van der Waals surface area (Å²) < 4.78 is 6.16. The van der Waals surface area contributed by atoms with E-state index in [0.29, 0.717) is 25.6 Å². The summed E-state index contributed by atoms with van der Waals surface area (Å²) in [6, 6.07) is 8.14. The molecule has 1 N–H and O–H groups in total. The molecule has 0 radical (unpaired) electrons. The normalized spacial score (nSPS) is 10.6. The van der Waals surface area contributed by atoms with Crippen LogP contribution in [0.1, 0.15) is 25.8 Å². The molecule has 0 heterocycles. The molecule has 0 saturated heterocycles. The molecular formula is C13H18BrNO2. The fraction of sp³-hybridized carbons (Fsp3) is 0.462. The largest absolute Gasteiger partial charge is 0.461 e. The first-order chi connectivity index (χ1) is 8.08. The van der Waals surface area contributed by atoms with Gasteiger partial charge >= 0.3 is 5.97 Å². The number of halogens is 1. The Labute approximate surface area is 111 Å². The maximum atomic E-state index is 11.4. The second-order valence-electron chi connectivity index (χ2n) is 4.15. The van der Waals surface area contributed by atoms with E-state index < -0.39 is 0 Å². The first kappa shape index (κ1) is 14.2. The first-order valence-corrected chi connectivity index (χ1v) is 6.50. The Morgan fingerprint density at radius 2 is 2.24 bits per heavy atom. The van der Waals surface area contributed by atoms with E-state index in [2.05, 4.69) is 21.2 Å². The highest BCUT2D eigenvalue weighted by Gasteiger charge is 2.03. The van der Waals surface area contributed by atoms with Gasteiger partial charge in [-0.1, -0.05) is 41.9 Å². The van der Waals surface area contributed by atoms with Gasteiger partial charge in [-0.25, -0.2) is 0 Å². The molecule has 1 aromatic carbocycles. The number of ether oxygens (including phenoxy) is 1. The quantitative estimate of drug-likeness (QED) is 0.821. The van der Waals surface area contributed by atoms with Crippen LogP contribution in [0, 0.1) is 0 Å². The van der Waals surface area contributed by atoms with E-state index in [9.17, 15) is 4.79 Å². The lowest BCUT2D eigenvalue weighted by Gasteiger charge is -2.08. The van der Waals surface area contributed by atoms with Gasteiger partial charge in [0.2, 0.25) is 0 Å². The van der Waals surface area contributed by atoms with Crippen molar-refractivity contribution in [3.05, 3.63) is 34.3 Å². The Morgan fingerprint density at radius 3 is 2.88 bits per heavy atom. The molecule has 0 atom stereocenters. The van der Waals surface area contributed by atoms with Gasteiger partial charge in [-0.3, -0.25) is 4.79 Å². The highest BCUT2D eigenvalue weighted by molar-refractivity contribution is 9.10. The van der Waals surface area contributed by atoms with Crippen LogP contribution in [0.3, 0.4) is 0 Å². The molecule has 0 aliphatic heterocycles. The topological polar surface area (TPSA) is 38.3 Å². The Kier molecular flexibility index (Phi) is 6.22. The van der Waals surface area contributed by atoms with Crippen LogP contribution in [0.2, 0.25) is 0 Å². The number of benzene rings is 1. The maximum Gasteiger partial charge on any atom is 0.307 e. The van der Waals surface area contributed by atoms with Gasteiger partial charge in [-0.2, -0.15) is 0 Å². The molecule has 1 aromatic rings. The lowest BCUT2D eigenvalue weighted by molar-refractivity contribution is -0.144. The summed E-state index contributed by atoms with van der Waals surface area (Å²) >= 11 is 3.38. The van der Waals surface area contributed by atoms with E-state index in [4.69, 9.17) is 4.74 Å². The van der Waals surface area contributed by atoms with Gasteiger partial charge in [0.15, 0.2) is 0 Å². The summed E-state index contributed by atoms with van der Waals surface area (Å²) in [4.78, 5) is 11.4. The molecule has 0 bridgehead atoms. The van der Waals surface area contributed by atoms with Gasteiger partial charge in [-0.15, -0.1) is 0 Å². The van der Waals surface area contributed by atoms with E-state index in [-0.39, 0.29) is 5.97 Å². The van der Waals surface area contributed by atoms with Crippen molar-refractivity contribution in [1.82, 2.24) is 5.32 Å². The Morgan fingerprint density at radius 1 is 1.47 bits per heavy atom. The second kappa shape index (κ2) is 7.45. The number of carbonyl (C=O) groups is 1. The molecule has 0 aliphatic carbocycles. The maximum absolute atomic E-state index is 11.4. The third-order valence-electron chi connectivity index (χ3n) is 2.17. The van der Waals surface area contributed by atoms with E-state index in [1.807, 2.05) is 38.1 Å². The summed E-state index contributed by atoms with van der Waals surface area (Å²) in [5.41, 5.74) is 0.990. The summed E-state index contributed by atoms with van der Waals surface area (Å²) in [6.07, 6.45) is 0.409. The molecule has 0 aromatic heterocycles. The number of esters is 1. The number of rotatable bonds is 6. The molecule has 94 valence electrons. The monoisotopic (exact) mass is 299 g/mol. The second-order valence-corrected chi connectivity index (χ2v) is 5.07. The summed E-state index contributed by atoms with van der Waals surface area (Å²) in [6.45, 7) is 5.09.